The average molecular weight is 429 g/mol. The molecule has 0 radical (unpaired) electrons. The number of benzene rings is 2. The highest BCUT2D eigenvalue weighted by Gasteiger charge is 2.24. The monoisotopic (exact) mass is 429 g/mol. The molecule has 5 rings (SSSR count). The van der Waals surface area contributed by atoms with E-state index in [1.54, 1.807) is 24.4 Å². The number of hydrogen-bond donors (Lipinski definition) is 2. The number of fused-ring (bicyclic) bond motifs is 1. The van der Waals surface area contributed by atoms with Gasteiger partial charge in [0.25, 0.3) is 5.91 Å². The zero-order chi connectivity index (χ0) is 22.1. The van der Waals surface area contributed by atoms with E-state index >= 15 is 0 Å². The molecule has 0 atom stereocenters. The van der Waals surface area contributed by atoms with Crippen LogP contribution in [0.25, 0.3) is 5.52 Å². The molecule has 1 saturated carbocycles. The van der Waals surface area contributed by atoms with Crippen LogP contribution in [-0.4, -0.2) is 26.7 Å². The summed E-state index contributed by atoms with van der Waals surface area (Å²) in [7, 11) is 0. The summed E-state index contributed by atoms with van der Waals surface area (Å²) in [6, 6.07) is 18.5. The van der Waals surface area contributed by atoms with Crippen molar-refractivity contribution in [2.45, 2.75) is 32.3 Å². The van der Waals surface area contributed by atoms with Gasteiger partial charge in [0, 0.05) is 12.3 Å². The number of nitrogens with zero attached hydrogens (tertiary/aromatic N) is 2. The highest BCUT2D eigenvalue weighted by molar-refractivity contribution is 6.11. The van der Waals surface area contributed by atoms with Crippen LogP contribution in [0, 0.1) is 6.92 Å². The van der Waals surface area contributed by atoms with E-state index < -0.39 is 5.91 Å². The van der Waals surface area contributed by atoms with Crippen LogP contribution in [0.3, 0.4) is 0 Å². The number of nitrogens with one attached hydrogen (secondary N) is 1. The third kappa shape index (κ3) is 3.85. The number of anilines is 1. The van der Waals surface area contributed by atoms with Crippen molar-refractivity contribution in [3.8, 4) is 23.1 Å². The minimum Gasteiger partial charge on any atom is -0.492 e. The summed E-state index contributed by atoms with van der Waals surface area (Å²) in [5.74, 6) is 1.13. The van der Waals surface area contributed by atoms with Gasteiger partial charge in [-0.3, -0.25) is 4.79 Å². The molecule has 0 aliphatic heterocycles. The van der Waals surface area contributed by atoms with Crippen molar-refractivity contribution in [2.75, 3.05) is 5.32 Å². The van der Waals surface area contributed by atoms with E-state index in [-0.39, 0.29) is 17.5 Å². The Morgan fingerprint density at radius 3 is 2.62 bits per heavy atom. The van der Waals surface area contributed by atoms with Crippen LogP contribution in [0.4, 0.5) is 5.69 Å². The summed E-state index contributed by atoms with van der Waals surface area (Å²) in [6.07, 6.45) is 4.87. The fraction of sp³-hybridized carbons (Fsp3) is 0.200. The van der Waals surface area contributed by atoms with E-state index in [1.807, 2.05) is 49.4 Å². The van der Waals surface area contributed by atoms with Gasteiger partial charge in [0.05, 0.1) is 17.3 Å². The maximum Gasteiger partial charge on any atom is 0.263 e. The third-order valence-corrected chi connectivity index (χ3v) is 5.59. The molecule has 32 heavy (non-hydrogen) atoms. The Balaban J connectivity index is 1.48. The van der Waals surface area contributed by atoms with Crippen LogP contribution < -0.4 is 14.8 Å². The number of para-hydroxylation sites is 1. The first kappa shape index (κ1) is 19.9. The van der Waals surface area contributed by atoms with Gasteiger partial charge in [-0.25, -0.2) is 4.52 Å². The van der Waals surface area contributed by atoms with Gasteiger partial charge in [0.2, 0.25) is 5.88 Å². The minimum atomic E-state index is -0.460. The summed E-state index contributed by atoms with van der Waals surface area (Å²) in [6.45, 7) is 1.91. The lowest BCUT2D eigenvalue weighted by molar-refractivity contribution is 0.102. The van der Waals surface area contributed by atoms with Gasteiger partial charge in [-0.1, -0.05) is 24.3 Å². The molecular weight excluding hydrogens is 406 g/mol. The van der Waals surface area contributed by atoms with Crippen LogP contribution in [0.5, 0.6) is 23.1 Å². The second kappa shape index (κ2) is 8.26. The lowest BCUT2D eigenvalue weighted by Gasteiger charge is -2.28. The van der Waals surface area contributed by atoms with E-state index in [9.17, 15) is 9.90 Å². The lowest BCUT2D eigenvalue weighted by Crippen LogP contribution is -2.25. The molecule has 0 unspecified atom stereocenters. The Morgan fingerprint density at radius 1 is 1.09 bits per heavy atom. The highest BCUT2D eigenvalue weighted by atomic mass is 16.5. The molecule has 0 spiro atoms. The number of carbonyl (C=O) groups is 1. The SMILES string of the molecule is Cc1cc(NC(=O)c2c(O)nn3ccccc23)c(OC2CCC2)cc1Oc1ccccc1. The Labute approximate surface area is 185 Å². The Kier molecular flexibility index (Phi) is 5.15. The zero-order valence-electron chi connectivity index (χ0n) is 17.6. The van der Waals surface area contributed by atoms with Crippen molar-refractivity contribution >= 4 is 17.1 Å². The molecule has 162 valence electrons. The van der Waals surface area contributed by atoms with E-state index in [0.29, 0.717) is 22.7 Å². The van der Waals surface area contributed by atoms with E-state index in [0.717, 1.165) is 30.6 Å². The molecule has 7 heteroatoms. The number of aromatic nitrogens is 2. The number of hydrogen-bond acceptors (Lipinski definition) is 5. The fourth-order valence-corrected chi connectivity index (χ4v) is 3.65. The number of rotatable bonds is 6. The molecule has 2 heterocycles. The summed E-state index contributed by atoms with van der Waals surface area (Å²) in [5, 5.41) is 17.2. The Hall–Kier alpha value is -4.00. The number of carbonyl (C=O) groups excluding carboxylic acids is 1. The smallest absolute Gasteiger partial charge is 0.263 e. The quantitative estimate of drug-likeness (QED) is 0.433. The Morgan fingerprint density at radius 2 is 1.88 bits per heavy atom. The Bertz CT molecular complexity index is 1280. The van der Waals surface area contributed by atoms with E-state index in [4.69, 9.17) is 9.47 Å². The highest BCUT2D eigenvalue weighted by Crippen LogP contribution is 2.38. The first-order valence-electron chi connectivity index (χ1n) is 10.6. The molecule has 7 nitrogen and oxygen atoms in total. The number of amides is 1. The van der Waals surface area contributed by atoms with Crippen molar-refractivity contribution < 1.29 is 19.4 Å². The van der Waals surface area contributed by atoms with Crippen LogP contribution in [-0.2, 0) is 0 Å². The van der Waals surface area contributed by atoms with Gasteiger partial charge in [-0.2, -0.15) is 0 Å². The van der Waals surface area contributed by atoms with Crippen LogP contribution >= 0.6 is 0 Å². The maximum atomic E-state index is 13.1. The first-order chi connectivity index (χ1) is 15.6. The van der Waals surface area contributed by atoms with Gasteiger partial charge < -0.3 is 19.9 Å². The number of aromatic hydroxyl groups is 1. The molecule has 2 N–H and O–H groups in total. The molecule has 4 aromatic rings. The van der Waals surface area contributed by atoms with Crippen LogP contribution in [0.15, 0.2) is 66.9 Å². The summed E-state index contributed by atoms with van der Waals surface area (Å²) in [5.41, 5.74) is 2.00. The first-order valence-corrected chi connectivity index (χ1v) is 10.6. The van der Waals surface area contributed by atoms with Crippen molar-refractivity contribution in [3.63, 3.8) is 0 Å². The van der Waals surface area contributed by atoms with Gasteiger partial charge >= 0.3 is 0 Å². The normalized spacial score (nSPS) is 13.5. The largest absolute Gasteiger partial charge is 0.492 e. The van der Waals surface area contributed by atoms with Gasteiger partial charge in [-0.15, -0.1) is 5.10 Å². The number of ether oxygens (including phenoxy) is 2. The van der Waals surface area contributed by atoms with Crippen molar-refractivity contribution in [2.24, 2.45) is 0 Å². The van der Waals surface area contributed by atoms with Crippen molar-refractivity contribution in [1.82, 2.24) is 9.61 Å². The summed E-state index contributed by atoms with van der Waals surface area (Å²) in [4.78, 5) is 13.1. The predicted octanol–water partition coefficient (Wildman–Crippen LogP) is 5.32. The fourth-order valence-electron chi connectivity index (χ4n) is 3.65. The maximum absolute atomic E-state index is 13.1. The molecule has 1 aliphatic carbocycles. The molecule has 2 aromatic heterocycles. The second-order valence-corrected chi connectivity index (χ2v) is 7.88. The lowest BCUT2D eigenvalue weighted by atomic mass is 9.96. The van der Waals surface area contributed by atoms with Crippen LogP contribution in [0.2, 0.25) is 0 Å². The van der Waals surface area contributed by atoms with Gasteiger partial charge in [-0.05, 0) is 62.1 Å². The molecule has 0 bridgehead atoms. The molecular formula is C25H23N3O4. The zero-order valence-corrected chi connectivity index (χ0v) is 17.6. The molecule has 1 aliphatic rings. The minimum absolute atomic E-state index is 0.113. The predicted molar refractivity (Wildman–Crippen MR) is 121 cm³/mol. The third-order valence-electron chi connectivity index (χ3n) is 5.59. The summed E-state index contributed by atoms with van der Waals surface area (Å²) >= 11 is 0. The van der Waals surface area contributed by atoms with Crippen LogP contribution in [0.1, 0.15) is 35.2 Å². The van der Waals surface area contributed by atoms with Crippen molar-refractivity contribution in [1.29, 1.82) is 0 Å². The number of aryl methyl sites for hydroxylation is 1. The van der Waals surface area contributed by atoms with Gasteiger partial charge in [0.1, 0.15) is 22.8 Å². The molecule has 0 saturated heterocycles. The van der Waals surface area contributed by atoms with Gasteiger partial charge in [0.15, 0.2) is 0 Å². The standard InChI is InChI=1S/C25H23N3O4/c1-16-14-19(26-24(29)23-20-12-5-6-13-28(20)27-25(23)30)22(32-18-10-7-11-18)15-21(16)31-17-8-3-2-4-9-17/h2-6,8-9,12-15,18H,7,10-11H2,1H3,(H,26,29)(H,27,30). The summed E-state index contributed by atoms with van der Waals surface area (Å²) < 4.78 is 13.7. The molecule has 1 amide bonds. The van der Waals surface area contributed by atoms with E-state index in [2.05, 4.69) is 10.4 Å². The second-order valence-electron chi connectivity index (χ2n) is 7.88. The average Bonchev–Trinajstić information content (AvgIpc) is 3.10. The molecule has 2 aromatic carbocycles. The van der Waals surface area contributed by atoms with Crippen molar-refractivity contribution in [3.05, 3.63) is 78.0 Å². The molecule has 1 fully saturated rings. The van der Waals surface area contributed by atoms with E-state index in [1.165, 1.54) is 4.52 Å². The number of pyridine rings is 1. The topological polar surface area (TPSA) is 85.1 Å².